The molecule has 0 spiro atoms. The Hall–Kier alpha value is -2.43. The van der Waals surface area contributed by atoms with E-state index >= 15 is 0 Å². The minimum absolute atomic E-state index is 0.0296. The Labute approximate surface area is 96.6 Å². The van der Waals surface area contributed by atoms with Crippen molar-refractivity contribution >= 4 is 11.4 Å². The number of nitrogen functional groups attached to an aromatic ring is 1. The number of hydrogen-bond donors (Lipinski definition) is 1. The first-order valence-corrected chi connectivity index (χ1v) is 4.88. The van der Waals surface area contributed by atoms with E-state index < -0.39 is 10.7 Å². The Morgan fingerprint density at radius 2 is 1.76 bits per heavy atom. The second kappa shape index (κ2) is 4.21. The monoisotopic (exact) mass is 232 g/mol. The molecular weight excluding hydrogens is 223 g/mol. The van der Waals surface area contributed by atoms with Crippen molar-refractivity contribution in [3.05, 3.63) is 58.4 Å². The number of halogens is 1. The molecule has 0 unspecified atom stereocenters. The minimum atomic E-state index is -0.513. The van der Waals surface area contributed by atoms with Gasteiger partial charge >= 0.3 is 0 Å². The van der Waals surface area contributed by atoms with Crippen molar-refractivity contribution in [1.29, 1.82) is 0 Å². The molecule has 0 saturated heterocycles. The number of non-ortho nitro benzene ring substituents is 1. The molecule has 4 nitrogen and oxygen atoms in total. The van der Waals surface area contributed by atoms with Gasteiger partial charge in [-0.3, -0.25) is 10.1 Å². The van der Waals surface area contributed by atoms with Gasteiger partial charge in [0.15, 0.2) is 5.82 Å². The van der Waals surface area contributed by atoms with Crippen LogP contribution in [0, 0.1) is 15.9 Å². The van der Waals surface area contributed by atoms with E-state index in [1.165, 1.54) is 30.3 Å². The molecular formula is C12H9FN2O2. The number of hydrogen-bond acceptors (Lipinski definition) is 3. The van der Waals surface area contributed by atoms with E-state index in [0.29, 0.717) is 11.1 Å². The molecule has 2 aromatic carbocycles. The third kappa shape index (κ3) is 2.08. The second-order valence-corrected chi connectivity index (χ2v) is 3.51. The van der Waals surface area contributed by atoms with Gasteiger partial charge in [-0.15, -0.1) is 0 Å². The first-order valence-electron chi connectivity index (χ1n) is 4.88. The predicted molar refractivity (Wildman–Crippen MR) is 62.9 cm³/mol. The second-order valence-electron chi connectivity index (χ2n) is 3.51. The number of nitrogens with zero attached hydrogens (tertiary/aromatic N) is 1. The zero-order valence-electron chi connectivity index (χ0n) is 8.76. The van der Waals surface area contributed by atoms with Crippen LogP contribution < -0.4 is 5.73 Å². The number of nitrogens with two attached hydrogens (primary N) is 1. The third-order valence-corrected chi connectivity index (χ3v) is 2.42. The van der Waals surface area contributed by atoms with Crippen LogP contribution in [-0.2, 0) is 0 Å². The highest BCUT2D eigenvalue weighted by Gasteiger charge is 2.09. The van der Waals surface area contributed by atoms with Crippen molar-refractivity contribution in [3.63, 3.8) is 0 Å². The summed E-state index contributed by atoms with van der Waals surface area (Å²) < 4.78 is 13.7. The molecule has 17 heavy (non-hydrogen) atoms. The molecule has 0 saturated carbocycles. The molecule has 2 rings (SSSR count). The molecule has 0 atom stereocenters. The predicted octanol–water partition coefficient (Wildman–Crippen LogP) is 2.98. The largest absolute Gasteiger partial charge is 0.396 e. The number of rotatable bonds is 2. The van der Waals surface area contributed by atoms with Gasteiger partial charge < -0.3 is 5.73 Å². The van der Waals surface area contributed by atoms with Gasteiger partial charge in [-0.2, -0.15) is 0 Å². The molecule has 0 aromatic heterocycles. The van der Waals surface area contributed by atoms with E-state index in [2.05, 4.69) is 0 Å². The lowest BCUT2D eigenvalue weighted by Gasteiger charge is -2.05. The van der Waals surface area contributed by atoms with Gasteiger partial charge in [-0.1, -0.05) is 12.1 Å². The fourth-order valence-electron chi connectivity index (χ4n) is 1.54. The zero-order valence-corrected chi connectivity index (χ0v) is 8.76. The van der Waals surface area contributed by atoms with Crippen molar-refractivity contribution in [2.24, 2.45) is 0 Å². The molecule has 0 aliphatic heterocycles. The first kappa shape index (κ1) is 11.1. The molecule has 86 valence electrons. The van der Waals surface area contributed by atoms with Crippen LogP contribution in [0.2, 0.25) is 0 Å². The highest BCUT2D eigenvalue weighted by molar-refractivity contribution is 5.69. The lowest BCUT2D eigenvalue weighted by atomic mass is 10.0. The highest BCUT2D eigenvalue weighted by Crippen LogP contribution is 2.27. The fourth-order valence-corrected chi connectivity index (χ4v) is 1.54. The Balaban J connectivity index is 2.47. The van der Waals surface area contributed by atoms with Crippen molar-refractivity contribution in [2.45, 2.75) is 0 Å². The lowest BCUT2D eigenvalue weighted by Crippen LogP contribution is -1.93. The van der Waals surface area contributed by atoms with Crippen LogP contribution in [0.25, 0.3) is 11.1 Å². The van der Waals surface area contributed by atoms with Crippen molar-refractivity contribution in [3.8, 4) is 11.1 Å². The van der Waals surface area contributed by atoms with Crippen LogP contribution in [-0.4, -0.2) is 4.92 Å². The summed E-state index contributed by atoms with van der Waals surface area (Å²) in [5, 5.41) is 10.5. The van der Waals surface area contributed by atoms with Crippen LogP contribution in [0.4, 0.5) is 15.8 Å². The lowest BCUT2D eigenvalue weighted by molar-refractivity contribution is -0.384. The summed E-state index contributed by atoms with van der Waals surface area (Å²) in [5.41, 5.74) is 6.37. The molecule has 0 heterocycles. The number of nitro groups is 1. The van der Waals surface area contributed by atoms with Crippen LogP contribution in [0.5, 0.6) is 0 Å². The van der Waals surface area contributed by atoms with Crippen LogP contribution >= 0.6 is 0 Å². The third-order valence-electron chi connectivity index (χ3n) is 2.42. The van der Waals surface area contributed by atoms with Gasteiger partial charge in [-0.05, 0) is 23.8 Å². The van der Waals surface area contributed by atoms with Crippen molar-refractivity contribution in [1.82, 2.24) is 0 Å². The van der Waals surface area contributed by atoms with Crippen LogP contribution in [0.1, 0.15) is 0 Å². The zero-order chi connectivity index (χ0) is 12.4. The maximum absolute atomic E-state index is 13.7. The van der Waals surface area contributed by atoms with Gasteiger partial charge in [0.25, 0.3) is 5.69 Å². The van der Waals surface area contributed by atoms with E-state index in [-0.39, 0.29) is 11.4 Å². The molecule has 0 amide bonds. The molecule has 0 aliphatic rings. The molecule has 2 N–H and O–H groups in total. The summed E-state index contributed by atoms with van der Waals surface area (Å²) in [6, 6.07) is 10.3. The molecule has 2 aromatic rings. The Bertz CT molecular complexity index is 567. The molecule has 0 aliphatic carbocycles. The van der Waals surface area contributed by atoms with Crippen LogP contribution in [0.15, 0.2) is 42.5 Å². The average molecular weight is 232 g/mol. The quantitative estimate of drug-likeness (QED) is 0.491. The van der Waals surface area contributed by atoms with E-state index in [1.54, 1.807) is 12.1 Å². The Kier molecular flexibility index (Phi) is 2.74. The first-order chi connectivity index (χ1) is 8.09. The summed E-state index contributed by atoms with van der Waals surface area (Å²) in [5.74, 6) is -0.513. The maximum atomic E-state index is 13.7. The normalized spacial score (nSPS) is 10.2. The van der Waals surface area contributed by atoms with E-state index in [9.17, 15) is 14.5 Å². The average Bonchev–Trinajstić information content (AvgIpc) is 2.33. The van der Waals surface area contributed by atoms with Crippen molar-refractivity contribution < 1.29 is 9.31 Å². The van der Waals surface area contributed by atoms with Gasteiger partial charge in [-0.25, -0.2) is 4.39 Å². The number of nitro benzene ring substituents is 1. The highest BCUT2D eigenvalue weighted by atomic mass is 19.1. The Morgan fingerprint density at radius 3 is 2.35 bits per heavy atom. The maximum Gasteiger partial charge on any atom is 0.269 e. The minimum Gasteiger partial charge on any atom is -0.396 e. The number of anilines is 1. The van der Waals surface area contributed by atoms with Gasteiger partial charge in [0.05, 0.1) is 10.6 Å². The van der Waals surface area contributed by atoms with Crippen molar-refractivity contribution in [2.75, 3.05) is 5.73 Å². The van der Waals surface area contributed by atoms with E-state index in [1.807, 2.05) is 0 Å². The summed E-state index contributed by atoms with van der Waals surface area (Å²) in [6.45, 7) is 0. The summed E-state index contributed by atoms with van der Waals surface area (Å²) in [7, 11) is 0. The van der Waals surface area contributed by atoms with Gasteiger partial charge in [0.2, 0.25) is 0 Å². The summed E-state index contributed by atoms with van der Waals surface area (Å²) >= 11 is 0. The van der Waals surface area contributed by atoms with E-state index in [4.69, 9.17) is 5.73 Å². The Morgan fingerprint density at radius 1 is 1.12 bits per heavy atom. The number of benzene rings is 2. The smallest absolute Gasteiger partial charge is 0.269 e. The SMILES string of the molecule is Nc1cccc(-c2ccc([N+](=O)[O-])cc2)c1F. The molecule has 0 radical (unpaired) electrons. The topological polar surface area (TPSA) is 69.2 Å². The molecule has 0 bridgehead atoms. The van der Waals surface area contributed by atoms with Gasteiger partial charge in [0.1, 0.15) is 0 Å². The molecule has 5 heteroatoms. The standard InChI is InChI=1S/C12H9FN2O2/c13-12-10(2-1-3-11(12)14)8-4-6-9(7-5-8)15(16)17/h1-7H,14H2. The summed E-state index contributed by atoms with van der Waals surface area (Å²) in [6.07, 6.45) is 0. The van der Waals surface area contributed by atoms with Crippen LogP contribution in [0.3, 0.4) is 0 Å². The fraction of sp³-hybridized carbons (Fsp3) is 0. The molecule has 0 fully saturated rings. The van der Waals surface area contributed by atoms with E-state index in [0.717, 1.165) is 0 Å². The summed E-state index contributed by atoms with van der Waals surface area (Å²) in [4.78, 5) is 9.98. The van der Waals surface area contributed by atoms with Gasteiger partial charge in [0, 0.05) is 17.7 Å².